The van der Waals surface area contributed by atoms with Crippen molar-refractivity contribution in [3.63, 3.8) is 0 Å². The predicted octanol–water partition coefficient (Wildman–Crippen LogP) is 1.24. The molecule has 3 fully saturated rings. The van der Waals surface area contributed by atoms with Crippen molar-refractivity contribution in [2.24, 2.45) is 5.92 Å². The summed E-state index contributed by atoms with van der Waals surface area (Å²) in [7, 11) is 0. The number of hydrogen-bond acceptors (Lipinski definition) is 3. The zero-order chi connectivity index (χ0) is 10.8. The van der Waals surface area contributed by atoms with Gasteiger partial charge in [-0.05, 0) is 44.6 Å². The lowest BCUT2D eigenvalue weighted by molar-refractivity contribution is 0.0655. The van der Waals surface area contributed by atoms with Crippen LogP contribution in [0.25, 0.3) is 0 Å². The van der Waals surface area contributed by atoms with E-state index in [0.29, 0.717) is 0 Å². The van der Waals surface area contributed by atoms with Gasteiger partial charge in [-0.15, -0.1) is 0 Å². The first-order chi connectivity index (χ1) is 7.92. The molecule has 2 saturated heterocycles. The highest BCUT2D eigenvalue weighted by atomic mass is 16.5. The van der Waals surface area contributed by atoms with Gasteiger partial charge in [-0.1, -0.05) is 0 Å². The SMILES string of the molecule is C1CC(CNC2CCN(C3CC3)C2)CCO1. The van der Waals surface area contributed by atoms with Crippen LogP contribution >= 0.6 is 0 Å². The second-order valence-electron chi connectivity index (χ2n) is 5.68. The minimum absolute atomic E-state index is 0.767. The van der Waals surface area contributed by atoms with Gasteiger partial charge in [0, 0.05) is 38.4 Å². The second kappa shape index (κ2) is 5.03. The summed E-state index contributed by atoms with van der Waals surface area (Å²) in [6.07, 6.45) is 6.78. The van der Waals surface area contributed by atoms with Crippen molar-refractivity contribution in [2.75, 3.05) is 32.8 Å². The van der Waals surface area contributed by atoms with Crippen molar-refractivity contribution in [1.29, 1.82) is 0 Å². The first kappa shape index (κ1) is 11.0. The molecular weight excluding hydrogens is 200 g/mol. The molecule has 0 spiro atoms. The maximum atomic E-state index is 5.39. The number of rotatable bonds is 4. The predicted molar refractivity (Wildman–Crippen MR) is 64.5 cm³/mol. The Hall–Kier alpha value is -0.120. The van der Waals surface area contributed by atoms with Crippen molar-refractivity contribution in [3.05, 3.63) is 0 Å². The molecule has 0 amide bonds. The van der Waals surface area contributed by atoms with Gasteiger partial charge in [0.25, 0.3) is 0 Å². The topological polar surface area (TPSA) is 24.5 Å². The Balaban J connectivity index is 1.35. The van der Waals surface area contributed by atoms with Crippen LogP contribution in [-0.2, 0) is 4.74 Å². The van der Waals surface area contributed by atoms with E-state index in [2.05, 4.69) is 10.2 Å². The van der Waals surface area contributed by atoms with E-state index in [1.807, 2.05) is 0 Å². The second-order valence-corrected chi connectivity index (χ2v) is 5.68. The van der Waals surface area contributed by atoms with Crippen LogP contribution in [0.2, 0.25) is 0 Å². The van der Waals surface area contributed by atoms with Crippen molar-refractivity contribution in [2.45, 2.75) is 44.2 Å². The molecule has 0 radical (unpaired) electrons. The Labute approximate surface area is 98.5 Å². The lowest BCUT2D eigenvalue weighted by Crippen LogP contribution is -2.37. The molecule has 0 aromatic heterocycles. The molecule has 16 heavy (non-hydrogen) atoms. The van der Waals surface area contributed by atoms with E-state index >= 15 is 0 Å². The number of likely N-dealkylation sites (tertiary alicyclic amines) is 1. The third kappa shape index (κ3) is 2.76. The van der Waals surface area contributed by atoms with Gasteiger partial charge in [-0.2, -0.15) is 0 Å². The molecule has 0 aromatic carbocycles. The molecule has 1 saturated carbocycles. The molecule has 3 aliphatic rings. The highest BCUT2D eigenvalue weighted by Gasteiger charge is 2.34. The van der Waals surface area contributed by atoms with Crippen molar-refractivity contribution < 1.29 is 4.74 Å². The molecule has 0 aromatic rings. The summed E-state index contributed by atoms with van der Waals surface area (Å²) in [6.45, 7) is 5.80. The maximum Gasteiger partial charge on any atom is 0.0469 e. The van der Waals surface area contributed by atoms with Crippen LogP contribution < -0.4 is 5.32 Å². The average Bonchev–Trinajstić information content (AvgIpc) is 3.08. The van der Waals surface area contributed by atoms with E-state index in [4.69, 9.17) is 4.74 Å². The van der Waals surface area contributed by atoms with Gasteiger partial charge in [0.15, 0.2) is 0 Å². The van der Waals surface area contributed by atoms with Gasteiger partial charge >= 0.3 is 0 Å². The third-order valence-electron chi connectivity index (χ3n) is 4.32. The van der Waals surface area contributed by atoms with Crippen LogP contribution in [0, 0.1) is 5.92 Å². The summed E-state index contributed by atoms with van der Waals surface area (Å²) in [6, 6.07) is 1.72. The van der Waals surface area contributed by atoms with Gasteiger partial charge in [0.1, 0.15) is 0 Å². The quantitative estimate of drug-likeness (QED) is 0.777. The summed E-state index contributed by atoms with van der Waals surface area (Å²) in [4.78, 5) is 2.68. The molecule has 1 unspecified atom stereocenters. The Bertz CT molecular complexity index is 224. The zero-order valence-corrected chi connectivity index (χ0v) is 10.2. The fourth-order valence-electron chi connectivity index (χ4n) is 3.01. The summed E-state index contributed by atoms with van der Waals surface area (Å²) in [5, 5.41) is 3.77. The fourth-order valence-corrected chi connectivity index (χ4v) is 3.01. The van der Waals surface area contributed by atoms with E-state index in [-0.39, 0.29) is 0 Å². The average molecular weight is 224 g/mol. The number of hydrogen-bond donors (Lipinski definition) is 1. The molecule has 92 valence electrons. The minimum atomic E-state index is 0.767. The molecule has 2 aliphatic heterocycles. The normalized spacial score (nSPS) is 33.4. The monoisotopic (exact) mass is 224 g/mol. The van der Waals surface area contributed by atoms with Crippen LogP contribution in [0.3, 0.4) is 0 Å². The van der Waals surface area contributed by atoms with E-state index in [0.717, 1.165) is 31.2 Å². The van der Waals surface area contributed by atoms with Crippen molar-refractivity contribution in [1.82, 2.24) is 10.2 Å². The van der Waals surface area contributed by atoms with E-state index in [1.54, 1.807) is 0 Å². The van der Waals surface area contributed by atoms with E-state index in [1.165, 1.54) is 51.7 Å². The van der Waals surface area contributed by atoms with Gasteiger partial charge < -0.3 is 10.1 Å². The summed E-state index contributed by atoms with van der Waals surface area (Å²) in [5.74, 6) is 0.865. The highest BCUT2D eigenvalue weighted by Crippen LogP contribution is 2.29. The summed E-state index contributed by atoms with van der Waals surface area (Å²) >= 11 is 0. The molecule has 2 heterocycles. The lowest BCUT2D eigenvalue weighted by atomic mass is 10.00. The van der Waals surface area contributed by atoms with Crippen LogP contribution in [0.4, 0.5) is 0 Å². The molecule has 3 rings (SSSR count). The summed E-state index contributed by atoms with van der Waals surface area (Å²) in [5.41, 5.74) is 0. The molecular formula is C13H24N2O. The number of nitrogens with one attached hydrogen (secondary N) is 1. The Morgan fingerprint density at radius 3 is 2.62 bits per heavy atom. The standard InChI is InChI=1S/C13H24N2O/c1-2-13(1)15-6-3-12(10-15)14-9-11-4-7-16-8-5-11/h11-14H,1-10H2. The number of nitrogens with zero attached hydrogens (tertiary/aromatic N) is 1. The summed E-state index contributed by atoms with van der Waals surface area (Å²) < 4.78 is 5.39. The smallest absolute Gasteiger partial charge is 0.0469 e. The largest absolute Gasteiger partial charge is 0.381 e. The van der Waals surface area contributed by atoms with Gasteiger partial charge in [0.2, 0.25) is 0 Å². The maximum absolute atomic E-state index is 5.39. The van der Waals surface area contributed by atoms with Gasteiger partial charge in [-0.25, -0.2) is 0 Å². The fraction of sp³-hybridized carbons (Fsp3) is 1.00. The lowest BCUT2D eigenvalue weighted by Gasteiger charge is -2.24. The molecule has 1 atom stereocenters. The minimum Gasteiger partial charge on any atom is -0.381 e. The Morgan fingerprint density at radius 2 is 1.88 bits per heavy atom. The molecule has 3 heteroatoms. The molecule has 0 bridgehead atoms. The van der Waals surface area contributed by atoms with Crippen molar-refractivity contribution >= 4 is 0 Å². The number of ether oxygens (including phenoxy) is 1. The highest BCUT2D eigenvalue weighted by molar-refractivity contribution is 4.92. The Kier molecular flexibility index (Phi) is 3.46. The van der Waals surface area contributed by atoms with Crippen LogP contribution in [0.15, 0.2) is 0 Å². The molecule has 3 nitrogen and oxygen atoms in total. The zero-order valence-electron chi connectivity index (χ0n) is 10.2. The van der Waals surface area contributed by atoms with Crippen LogP contribution in [-0.4, -0.2) is 49.8 Å². The van der Waals surface area contributed by atoms with Crippen LogP contribution in [0.5, 0.6) is 0 Å². The van der Waals surface area contributed by atoms with Gasteiger partial charge in [-0.3, -0.25) is 4.90 Å². The van der Waals surface area contributed by atoms with Crippen molar-refractivity contribution in [3.8, 4) is 0 Å². The Morgan fingerprint density at radius 1 is 1.06 bits per heavy atom. The third-order valence-corrected chi connectivity index (χ3v) is 4.32. The molecule has 1 N–H and O–H groups in total. The first-order valence-corrected chi connectivity index (χ1v) is 6.97. The van der Waals surface area contributed by atoms with E-state index < -0.39 is 0 Å². The van der Waals surface area contributed by atoms with Crippen LogP contribution in [0.1, 0.15) is 32.1 Å². The first-order valence-electron chi connectivity index (χ1n) is 6.97. The van der Waals surface area contributed by atoms with Gasteiger partial charge in [0.05, 0.1) is 0 Å². The molecule has 1 aliphatic carbocycles. The van der Waals surface area contributed by atoms with E-state index in [9.17, 15) is 0 Å².